The van der Waals surface area contributed by atoms with Gasteiger partial charge in [0, 0.05) is 41.0 Å². The summed E-state index contributed by atoms with van der Waals surface area (Å²) in [6.45, 7) is 1.87. The predicted octanol–water partition coefficient (Wildman–Crippen LogP) is 6.01. The van der Waals surface area contributed by atoms with Gasteiger partial charge in [0.25, 0.3) is 5.91 Å². The normalized spacial score (nSPS) is 11.2. The molecule has 0 atom stereocenters. The first-order valence-corrected chi connectivity index (χ1v) is 10.5. The Kier molecular flexibility index (Phi) is 6.82. The van der Waals surface area contributed by atoms with E-state index in [4.69, 9.17) is 4.74 Å². The van der Waals surface area contributed by atoms with Gasteiger partial charge in [-0.3, -0.25) is 4.79 Å². The monoisotopic (exact) mass is 497 g/mol. The second kappa shape index (κ2) is 9.98. The van der Waals surface area contributed by atoms with Crippen molar-refractivity contribution in [3.8, 4) is 17.1 Å². The van der Waals surface area contributed by atoms with E-state index in [0.717, 1.165) is 11.6 Å². The van der Waals surface area contributed by atoms with Crippen molar-refractivity contribution in [2.75, 3.05) is 17.7 Å². The van der Waals surface area contributed by atoms with Crippen molar-refractivity contribution >= 4 is 23.1 Å². The average molecular weight is 497 g/mol. The van der Waals surface area contributed by atoms with Crippen LogP contribution >= 0.6 is 0 Å². The summed E-state index contributed by atoms with van der Waals surface area (Å²) in [4.78, 5) is 25.4. The molecule has 0 radical (unpaired) electrons. The lowest BCUT2D eigenvalue weighted by molar-refractivity contribution is -0.137. The van der Waals surface area contributed by atoms with Crippen molar-refractivity contribution in [3.63, 3.8) is 0 Å². The molecule has 2 aromatic heterocycles. The zero-order chi connectivity index (χ0) is 25.9. The quantitative estimate of drug-likeness (QED) is 0.317. The number of para-hydroxylation sites is 1. The fourth-order valence-electron chi connectivity index (χ4n) is 3.31. The lowest BCUT2D eigenvalue weighted by Crippen LogP contribution is -2.16. The third-order valence-corrected chi connectivity index (χ3v) is 5.17. The molecule has 36 heavy (non-hydrogen) atoms. The highest BCUT2D eigenvalue weighted by Gasteiger charge is 2.32. The van der Waals surface area contributed by atoms with Crippen LogP contribution in [-0.2, 0) is 6.18 Å². The Bertz CT molecular complexity index is 1410. The van der Waals surface area contributed by atoms with Gasteiger partial charge < -0.3 is 15.4 Å². The molecule has 0 fully saturated rings. The van der Waals surface area contributed by atoms with Crippen LogP contribution in [0.1, 0.15) is 21.5 Å². The zero-order valence-corrected chi connectivity index (χ0v) is 19.0. The molecule has 2 N–H and O–H groups in total. The maximum absolute atomic E-state index is 13.9. The summed E-state index contributed by atoms with van der Waals surface area (Å²) in [5.41, 5.74) is 1.03. The summed E-state index contributed by atoms with van der Waals surface area (Å²) in [6, 6.07) is 10.7. The third-order valence-electron chi connectivity index (χ3n) is 5.17. The molecule has 0 saturated carbocycles. The molecule has 0 aliphatic carbocycles. The number of nitrogens with one attached hydrogen (secondary N) is 2. The van der Waals surface area contributed by atoms with Crippen LogP contribution in [-0.4, -0.2) is 28.0 Å². The van der Waals surface area contributed by atoms with Crippen LogP contribution in [0.5, 0.6) is 6.01 Å². The number of methoxy groups -OCH3 is 1. The molecule has 4 aromatic rings. The maximum atomic E-state index is 13.9. The molecule has 0 unspecified atom stereocenters. The maximum Gasteiger partial charge on any atom is 0.416 e. The lowest BCUT2D eigenvalue weighted by Gasteiger charge is -2.16. The molecule has 0 spiro atoms. The Morgan fingerprint density at radius 3 is 2.28 bits per heavy atom. The number of hydrogen-bond donors (Lipinski definition) is 2. The summed E-state index contributed by atoms with van der Waals surface area (Å²) in [5.74, 6) is -1.91. The van der Waals surface area contributed by atoms with Crippen LogP contribution in [0.4, 0.5) is 34.8 Å². The van der Waals surface area contributed by atoms with Crippen LogP contribution < -0.4 is 15.4 Å². The third kappa shape index (κ3) is 5.57. The largest absolute Gasteiger partial charge is 0.467 e. The van der Waals surface area contributed by atoms with E-state index in [0.29, 0.717) is 28.9 Å². The summed E-state index contributed by atoms with van der Waals surface area (Å²) < 4.78 is 58.3. The van der Waals surface area contributed by atoms with Crippen molar-refractivity contribution in [1.82, 2.24) is 15.0 Å². The molecule has 4 rings (SSSR count). The molecule has 11 heteroatoms. The highest BCUT2D eigenvalue weighted by Crippen LogP contribution is 2.32. The Morgan fingerprint density at radius 2 is 1.61 bits per heavy atom. The molecular formula is C25H19F4N5O2. The minimum Gasteiger partial charge on any atom is -0.467 e. The van der Waals surface area contributed by atoms with Gasteiger partial charge in [-0.15, -0.1) is 0 Å². The highest BCUT2D eigenvalue weighted by atomic mass is 19.4. The molecule has 7 nitrogen and oxygen atoms in total. The number of carbonyl (C=O) groups is 1. The van der Waals surface area contributed by atoms with Gasteiger partial charge >= 0.3 is 12.2 Å². The van der Waals surface area contributed by atoms with E-state index >= 15 is 0 Å². The van der Waals surface area contributed by atoms with Gasteiger partial charge in [-0.1, -0.05) is 18.2 Å². The summed E-state index contributed by atoms with van der Waals surface area (Å²) in [7, 11) is 1.42. The number of hydrogen-bond acceptors (Lipinski definition) is 6. The Labute approximate surface area is 203 Å². The second-order valence-corrected chi connectivity index (χ2v) is 7.70. The number of amides is 1. The van der Waals surface area contributed by atoms with Crippen molar-refractivity contribution in [2.24, 2.45) is 0 Å². The van der Waals surface area contributed by atoms with E-state index < -0.39 is 29.0 Å². The molecule has 0 bridgehead atoms. The number of nitrogens with zero attached hydrogens (tertiary/aromatic N) is 3. The first-order chi connectivity index (χ1) is 17.1. The number of pyridine rings is 1. The van der Waals surface area contributed by atoms with Gasteiger partial charge in [-0.25, -0.2) is 19.3 Å². The van der Waals surface area contributed by atoms with Crippen molar-refractivity contribution in [3.05, 3.63) is 89.6 Å². The summed E-state index contributed by atoms with van der Waals surface area (Å²) in [5, 5.41) is 5.65. The van der Waals surface area contributed by atoms with Crippen LogP contribution in [0.3, 0.4) is 0 Å². The molecule has 0 aliphatic heterocycles. The topological polar surface area (TPSA) is 89.0 Å². The second-order valence-electron chi connectivity index (χ2n) is 7.70. The van der Waals surface area contributed by atoms with Crippen LogP contribution in [0.2, 0.25) is 0 Å². The van der Waals surface area contributed by atoms with Gasteiger partial charge in [0.2, 0.25) is 0 Å². The van der Waals surface area contributed by atoms with E-state index in [1.54, 1.807) is 12.1 Å². The molecule has 2 aromatic carbocycles. The van der Waals surface area contributed by atoms with Crippen molar-refractivity contribution in [1.29, 1.82) is 0 Å². The number of rotatable bonds is 6. The molecule has 0 aliphatic rings. The molecule has 1 amide bonds. The Balaban J connectivity index is 1.73. The molecule has 184 valence electrons. The van der Waals surface area contributed by atoms with Gasteiger partial charge in [0.15, 0.2) is 5.82 Å². The number of anilines is 3. The standard InChI is InChI=1S/C25H19F4N5O2/c1-14-5-3-4-6-20(14)33-22-21(9-16(11-30-22)17-12-31-24(36-2)32-13-17)34-23(35)15-7-18(25(27,28)29)10-19(26)8-15/h3-13H,1-2H3,(H,30,33)(H,34,35). The number of alkyl halides is 3. The number of benzene rings is 2. The summed E-state index contributed by atoms with van der Waals surface area (Å²) >= 11 is 0. The van der Waals surface area contributed by atoms with Gasteiger partial charge in [0.05, 0.1) is 18.4 Å². The average Bonchev–Trinajstić information content (AvgIpc) is 2.85. The van der Waals surface area contributed by atoms with Crippen molar-refractivity contribution in [2.45, 2.75) is 13.1 Å². The first-order valence-electron chi connectivity index (χ1n) is 10.5. The Hall–Kier alpha value is -4.54. The van der Waals surface area contributed by atoms with E-state index in [2.05, 4.69) is 25.6 Å². The zero-order valence-electron chi connectivity index (χ0n) is 19.0. The molecule has 2 heterocycles. The Morgan fingerprint density at radius 1 is 0.917 bits per heavy atom. The van der Waals surface area contributed by atoms with Crippen molar-refractivity contribution < 1.29 is 27.1 Å². The van der Waals surface area contributed by atoms with Gasteiger partial charge in [-0.05, 0) is 42.8 Å². The van der Waals surface area contributed by atoms with Crippen LogP contribution in [0, 0.1) is 12.7 Å². The fraction of sp³-hybridized carbons (Fsp3) is 0.120. The molecule has 0 saturated heterocycles. The number of halogens is 4. The van der Waals surface area contributed by atoms with E-state index in [9.17, 15) is 22.4 Å². The van der Waals surface area contributed by atoms with E-state index in [1.807, 2.05) is 25.1 Å². The lowest BCUT2D eigenvalue weighted by atomic mass is 10.1. The van der Waals surface area contributed by atoms with Gasteiger partial charge in [-0.2, -0.15) is 13.2 Å². The van der Waals surface area contributed by atoms with Crippen LogP contribution in [0.25, 0.3) is 11.1 Å². The van der Waals surface area contributed by atoms with E-state index in [1.165, 1.54) is 25.7 Å². The minimum atomic E-state index is -4.81. The number of aryl methyl sites for hydroxylation is 1. The minimum absolute atomic E-state index is 0.148. The van der Waals surface area contributed by atoms with Crippen LogP contribution in [0.15, 0.2) is 67.1 Å². The smallest absolute Gasteiger partial charge is 0.416 e. The van der Waals surface area contributed by atoms with Gasteiger partial charge in [0.1, 0.15) is 5.82 Å². The predicted molar refractivity (Wildman–Crippen MR) is 126 cm³/mol. The summed E-state index contributed by atoms with van der Waals surface area (Å²) in [6.07, 6.45) is -0.313. The van der Waals surface area contributed by atoms with E-state index in [-0.39, 0.29) is 17.5 Å². The number of ether oxygens (including phenoxy) is 1. The highest BCUT2D eigenvalue weighted by molar-refractivity contribution is 6.06. The fourth-order valence-corrected chi connectivity index (χ4v) is 3.31. The SMILES string of the molecule is COc1ncc(-c2cnc(Nc3ccccc3C)c(NC(=O)c3cc(F)cc(C(F)(F)F)c3)c2)cn1. The number of aromatic nitrogens is 3. The molecular weight excluding hydrogens is 478 g/mol. The number of carbonyl (C=O) groups excluding carboxylic acids is 1. The first kappa shape index (κ1) is 24.6.